The number of nitrogens with two attached hydrogens (primary N) is 4. The molecule has 1 unspecified atom stereocenters. The molecule has 0 saturated carbocycles. The average Bonchev–Trinajstić information content (AvgIpc) is 2.81. The van der Waals surface area contributed by atoms with Gasteiger partial charge in [-0.25, -0.2) is 0 Å². The van der Waals surface area contributed by atoms with Crippen LogP contribution in [0.5, 0.6) is 0 Å². The topological polar surface area (TPSA) is 241 Å². The number of rotatable bonds is 11. The molecular weight excluding hydrogens is 516 g/mol. The van der Waals surface area contributed by atoms with Gasteiger partial charge in [0.15, 0.2) is 0 Å². The van der Waals surface area contributed by atoms with Crippen LogP contribution in [-0.2, 0) is 33.4 Å². The third-order valence-electron chi connectivity index (χ3n) is 6.08. The zero-order chi connectivity index (χ0) is 29.2. The van der Waals surface area contributed by atoms with E-state index in [0.29, 0.717) is 32.7 Å². The summed E-state index contributed by atoms with van der Waals surface area (Å²) < 4.78 is 11.5. The van der Waals surface area contributed by atoms with Gasteiger partial charge in [0.2, 0.25) is 23.6 Å². The zero-order valence-corrected chi connectivity index (χ0v) is 22.5. The average molecular weight is 561 g/mol. The summed E-state index contributed by atoms with van der Waals surface area (Å²) in [6.45, 7) is 3.24. The fraction of sp³-hybridized carbons (Fsp3) is 0.783. The van der Waals surface area contributed by atoms with E-state index in [1.807, 2.05) is 4.90 Å². The minimum atomic E-state index is -0.996. The standard InChI is InChI=1S/C23H44N8O8/c24-19(32)14-28-3-4-29(15-20(25)33)6-10-39-12-8-31(17-22(27)35)18(1-2-23(36)37)13-30(16-21(26)34)7-11-38-9-5-28/h18H,1-17H2,(H2,24,32)(H2,25,33)(H2,26,34)(H2,27,35)(H,36,37). The second-order valence-corrected chi connectivity index (χ2v) is 9.43. The number of hydrogen-bond acceptors (Lipinski definition) is 11. The molecule has 0 bridgehead atoms. The number of carboxylic acids is 1. The predicted molar refractivity (Wildman–Crippen MR) is 140 cm³/mol. The van der Waals surface area contributed by atoms with E-state index in [0.717, 1.165) is 0 Å². The number of ether oxygens (including phenoxy) is 2. The Morgan fingerprint density at radius 1 is 0.615 bits per heavy atom. The minimum Gasteiger partial charge on any atom is -0.481 e. The van der Waals surface area contributed by atoms with E-state index in [-0.39, 0.29) is 78.5 Å². The summed E-state index contributed by atoms with van der Waals surface area (Å²) in [5, 5.41) is 9.26. The van der Waals surface area contributed by atoms with Crippen LogP contribution in [0.1, 0.15) is 12.8 Å². The van der Waals surface area contributed by atoms with E-state index in [9.17, 15) is 29.1 Å². The van der Waals surface area contributed by atoms with Gasteiger partial charge in [-0.15, -0.1) is 0 Å². The Balaban J connectivity index is 3.09. The number of primary amides is 4. The second kappa shape index (κ2) is 19.2. The van der Waals surface area contributed by atoms with Crippen molar-refractivity contribution < 1.29 is 38.6 Å². The van der Waals surface area contributed by atoms with E-state index in [2.05, 4.69) is 0 Å². The molecule has 1 rings (SSSR count). The maximum Gasteiger partial charge on any atom is 0.303 e. The number of carboxylic acid groups (broad SMARTS) is 1. The minimum absolute atomic E-state index is 0.00499. The zero-order valence-electron chi connectivity index (χ0n) is 22.5. The number of nitrogens with zero attached hydrogens (tertiary/aromatic N) is 4. The fourth-order valence-electron chi connectivity index (χ4n) is 4.25. The third kappa shape index (κ3) is 17.3. The lowest BCUT2D eigenvalue weighted by molar-refractivity contribution is -0.137. The van der Waals surface area contributed by atoms with Gasteiger partial charge in [0.25, 0.3) is 0 Å². The van der Waals surface area contributed by atoms with Crippen molar-refractivity contribution in [1.29, 1.82) is 0 Å². The highest BCUT2D eigenvalue weighted by Gasteiger charge is 2.25. The normalized spacial score (nSPS) is 21.0. The van der Waals surface area contributed by atoms with Crippen LogP contribution in [0.15, 0.2) is 0 Å². The molecule has 16 heteroatoms. The van der Waals surface area contributed by atoms with E-state index in [1.54, 1.807) is 14.7 Å². The number of amides is 4. The molecule has 1 saturated heterocycles. The van der Waals surface area contributed by atoms with E-state index in [4.69, 9.17) is 32.4 Å². The predicted octanol–water partition coefficient (Wildman–Crippen LogP) is -4.58. The fourth-order valence-corrected chi connectivity index (χ4v) is 4.25. The van der Waals surface area contributed by atoms with Gasteiger partial charge >= 0.3 is 5.97 Å². The van der Waals surface area contributed by atoms with E-state index >= 15 is 0 Å². The molecule has 0 aliphatic carbocycles. The van der Waals surface area contributed by atoms with E-state index < -0.39 is 35.6 Å². The molecule has 1 atom stereocenters. The maximum atomic E-state index is 11.8. The van der Waals surface area contributed by atoms with Crippen LogP contribution in [-0.4, -0.2) is 159 Å². The Kier molecular flexibility index (Phi) is 16.8. The van der Waals surface area contributed by atoms with Crippen molar-refractivity contribution >= 4 is 29.6 Å². The van der Waals surface area contributed by atoms with Gasteiger partial charge in [0, 0.05) is 58.3 Å². The highest BCUT2D eigenvalue weighted by molar-refractivity contribution is 5.77. The number of carbonyl (C=O) groups is 5. The number of hydrogen-bond donors (Lipinski definition) is 5. The van der Waals surface area contributed by atoms with Crippen molar-refractivity contribution in [2.24, 2.45) is 22.9 Å². The van der Waals surface area contributed by atoms with Crippen LogP contribution >= 0.6 is 0 Å². The van der Waals surface area contributed by atoms with Crippen LogP contribution in [0.4, 0.5) is 0 Å². The van der Waals surface area contributed by atoms with Crippen molar-refractivity contribution in [3.05, 3.63) is 0 Å². The highest BCUT2D eigenvalue weighted by Crippen LogP contribution is 2.11. The third-order valence-corrected chi connectivity index (χ3v) is 6.08. The highest BCUT2D eigenvalue weighted by atomic mass is 16.5. The van der Waals surface area contributed by atoms with Crippen LogP contribution in [0.3, 0.4) is 0 Å². The summed E-state index contributed by atoms with van der Waals surface area (Å²) in [5.74, 6) is -3.15. The largest absolute Gasteiger partial charge is 0.481 e. The van der Waals surface area contributed by atoms with Crippen molar-refractivity contribution in [1.82, 2.24) is 19.6 Å². The molecule has 0 spiro atoms. The van der Waals surface area contributed by atoms with Gasteiger partial charge < -0.3 is 37.5 Å². The van der Waals surface area contributed by atoms with E-state index in [1.165, 1.54) is 0 Å². The second-order valence-electron chi connectivity index (χ2n) is 9.43. The van der Waals surface area contributed by atoms with Crippen LogP contribution in [0, 0.1) is 0 Å². The Hall–Kier alpha value is -2.89. The van der Waals surface area contributed by atoms with Gasteiger partial charge in [-0.2, -0.15) is 0 Å². The number of carbonyl (C=O) groups excluding carboxylic acids is 4. The van der Waals surface area contributed by atoms with Crippen LogP contribution in [0.25, 0.3) is 0 Å². The Morgan fingerprint density at radius 2 is 1.03 bits per heavy atom. The first-order chi connectivity index (χ1) is 18.5. The molecule has 0 aromatic heterocycles. The lowest BCUT2D eigenvalue weighted by atomic mass is 10.1. The molecule has 1 aliphatic rings. The van der Waals surface area contributed by atoms with Gasteiger partial charge in [0.05, 0.1) is 52.6 Å². The first-order valence-electron chi connectivity index (χ1n) is 12.9. The van der Waals surface area contributed by atoms with Crippen molar-refractivity contribution in [3.63, 3.8) is 0 Å². The van der Waals surface area contributed by atoms with Crippen molar-refractivity contribution in [3.8, 4) is 0 Å². The SMILES string of the molecule is NC(=O)CN1CCOCCN(CC(N)=O)CC(CCC(=O)O)N(CC(N)=O)CCOCCN(CC(N)=O)CC1. The smallest absolute Gasteiger partial charge is 0.303 e. The van der Waals surface area contributed by atoms with Crippen molar-refractivity contribution in [2.45, 2.75) is 18.9 Å². The van der Waals surface area contributed by atoms with Gasteiger partial charge in [0.1, 0.15) is 0 Å². The molecular formula is C23H44N8O8. The van der Waals surface area contributed by atoms with Crippen LogP contribution < -0.4 is 22.9 Å². The summed E-state index contributed by atoms with van der Waals surface area (Å²) in [7, 11) is 0. The molecule has 0 aromatic rings. The molecule has 1 heterocycles. The Labute approximate surface area is 228 Å². The van der Waals surface area contributed by atoms with Gasteiger partial charge in [-0.3, -0.25) is 43.6 Å². The molecule has 4 amide bonds. The molecule has 0 aromatic carbocycles. The molecule has 39 heavy (non-hydrogen) atoms. The Bertz CT molecular complexity index is 802. The first kappa shape index (κ1) is 34.1. The lowest BCUT2D eigenvalue weighted by Gasteiger charge is -2.34. The van der Waals surface area contributed by atoms with Crippen molar-refractivity contribution in [2.75, 3.05) is 98.4 Å². The van der Waals surface area contributed by atoms with Crippen LogP contribution in [0.2, 0.25) is 0 Å². The summed E-state index contributed by atoms with van der Waals surface area (Å²) in [6.07, 6.45) is 0.0483. The van der Waals surface area contributed by atoms with Gasteiger partial charge in [-0.05, 0) is 6.42 Å². The molecule has 9 N–H and O–H groups in total. The maximum absolute atomic E-state index is 11.8. The summed E-state index contributed by atoms with van der Waals surface area (Å²) in [6, 6.07) is -0.437. The number of aliphatic carboxylic acids is 1. The lowest BCUT2D eigenvalue weighted by Crippen LogP contribution is -2.50. The summed E-state index contributed by atoms with van der Waals surface area (Å²) in [5.41, 5.74) is 21.7. The quantitative estimate of drug-likeness (QED) is 0.160. The molecule has 1 aliphatic heterocycles. The monoisotopic (exact) mass is 560 g/mol. The Morgan fingerprint density at radius 3 is 1.46 bits per heavy atom. The summed E-state index contributed by atoms with van der Waals surface area (Å²) in [4.78, 5) is 65.0. The molecule has 224 valence electrons. The molecule has 0 radical (unpaired) electrons. The molecule has 16 nitrogen and oxygen atoms in total. The first-order valence-corrected chi connectivity index (χ1v) is 12.9. The summed E-state index contributed by atoms with van der Waals surface area (Å²) >= 11 is 0. The molecule has 1 fully saturated rings. The van der Waals surface area contributed by atoms with Gasteiger partial charge in [-0.1, -0.05) is 0 Å².